The standard InChI is InChI=1S/C12H17NO5/c1-14-8-4-7(9(5-13)15-2)10(16-3)12-11(8)17-6-18-12/h4,9H,5-6,13H2,1-3H3/t9-/m1/s1. The van der Waals surface area contributed by atoms with Crippen molar-refractivity contribution in [3.05, 3.63) is 11.6 Å². The second kappa shape index (κ2) is 5.32. The molecule has 18 heavy (non-hydrogen) atoms. The Hall–Kier alpha value is -1.66. The van der Waals surface area contributed by atoms with Crippen molar-refractivity contribution < 1.29 is 23.7 Å². The van der Waals surface area contributed by atoms with Gasteiger partial charge in [-0.05, 0) is 6.07 Å². The van der Waals surface area contributed by atoms with E-state index in [1.165, 1.54) is 0 Å². The van der Waals surface area contributed by atoms with Gasteiger partial charge in [0.25, 0.3) is 0 Å². The number of ether oxygens (including phenoxy) is 5. The normalized spacial score (nSPS) is 14.4. The molecule has 1 atom stereocenters. The predicted molar refractivity (Wildman–Crippen MR) is 64.5 cm³/mol. The van der Waals surface area contributed by atoms with E-state index in [0.29, 0.717) is 29.5 Å². The summed E-state index contributed by atoms with van der Waals surface area (Å²) in [7, 11) is 4.72. The molecule has 100 valence electrons. The smallest absolute Gasteiger partial charge is 0.231 e. The van der Waals surface area contributed by atoms with Crippen LogP contribution in [0.15, 0.2) is 6.07 Å². The van der Waals surface area contributed by atoms with Crippen molar-refractivity contribution in [2.75, 3.05) is 34.7 Å². The van der Waals surface area contributed by atoms with E-state index in [1.54, 1.807) is 27.4 Å². The molecule has 0 unspecified atom stereocenters. The van der Waals surface area contributed by atoms with E-state index in [0.717, 1.165) is 5.56 Å². The number of hydrogen-bond donors (Lipinski definition) is 1. The minimum absolute atomic E-state index is 0.145. The highest BCUT2D eigenvalue weighted by Crippen LogP contribution is 2.51. The summed E-state index contributed by atoms with van der Waals surface area (Å²) in [6, 6.07) is 1.80. The van der Waals surface area contributed by atoms with Gasteiger partial charge in [0, 0.05) is 19.2 Å². The summed E-state index contributed by atoms with van der Waals surface area (Å²) in [4.78, 5) is 0. The number of hydrogen-bond acceptors (Lipinski definition) is 6. The molecule has 0 fully saturated rings. The molecule has 0 aliphatic carbocycles. The highest BCUT2D eigenvalue weighted by Gasteiger charge is 2.29. The molecule has 1 aliphatic rings. The van der Waals surface area contributed by atoms with Gasteiger partial charge in [0.05, 0.1) is 20.3 Å². The Morgan fingerprint density at radius 1 is 1.22 bits per heavy atom. The molecule has 0 amide bonds. The third kappa shape index (κ3) is 1.93. The summed E-state index contributed by atoms with van der Waals surface area (Å²) in [5.74, 6) is 2.22. The Balaban J connectivity index is 2.58. The van der Waals surface area contributed by atoms with E-state index in [-0.39, 0.29) is 12.9 Å². The monoisotopic (exact) mass is 255 g/mol. The molecule has 0 spiro atoms. The summed E-state index contributed by atoms with van der Waals surface area (Å²) in [5, 5.41) is 0. The van der Waals surface area contributed by atoms with E-state index in [1.807, 2.05) is 0 Å². The molecule has 1 aromatic rings. The van der Waals surface area contributed by atoms with Gasteiger partial charge >= 0.3 is 0 Å². The molecule has 0 saturated carbocycles. The van der Waals surface area contributed by atoms with Crippen molar-refractivity contribution in [1.82, 2.24) is 0 Å². The van der Waals surface area contributed by atoms with Gasteiger partial charge in [0.2, 0.25) is 18.3 Å². The van der Waals surface area contributed by atoms with Crippen molar-refractivity contribution in [2.45, 2.75) is 6.10 Å². The highest BCUT2D eigenvalue weighted by molar-refractivity contribution is 5.64. The first-order valence-electron chi connectivity index (χ1n) is 5.54. The van der Waals surface area contributed by atoms with Gasteiger partial charge in [0.15, 0.2) is 11.5 Å². The van der Waals surface area contributed by atoms with Crippen LogP contribution in [0, 0.1) is 0 Å². The van der Waals surface area contributed by atoms with Crippen LogP contribution in [0.4, 0.5) is 0 Å². The van der Waals surface area contributed by atoms with Crippen molar-refractivity contribution in [1.29, 1.82) is 0 Å². The average Bonchev–Trinajstić information content (AvgIpc) is 2.88. The van der Waals surface area contributed by atoms with Crippen LogP contribution in [0.5, 0.6) is 23.0 Å². The van der Waals surface area contributed by atoms with E-state index in [2.05, 4.69) is 0 Å². The Labute approximate surface area is 106 Å². The first-order chi connectivity index (χ1) is 8.76. The Bertz CT molecular complexity index is 431. The maximum Gasteiger partial charge on any atom is 0.231 e. The van der Waals surface area contributed by atoms with E-state index in [9.17, 15) is 0 Å². The first-order valence-corrected chi connectivity index (χ1v) is 5.54. The molecule has 1 heterocycles. The average molecular weight is 255 g/mol. The Kier molecular flexibility index (Phi) is 3.78. The lowest BCUT2D eigenvalue weighted by atomic mass is 10.1. The van der Waals surface area contributed by atoms with Gasteiger partial charge in [0.1, 0.15) is 0 Å². The second-order valence-corrected chi connectivity index (χ2v) is 3.73. The number of benzene rings is 1. The number of rotatable bonds is 5. The van der Waals surface area contributed by atoms with Gasteiger partial charge < -0.3 is 29.4 Å². The number of nitrogens with two attached hydrogens (primary N) is 1. The minimum Gasteiger partial charge on any atom is -0.493 e. The molecule has 6 heteroatoms. The van der Waals surface area contributed by atoms with E-state index < -0.39 is 0 Å². The summed E-state index contributed by atoms with van der Waals surface area (Å²) in [6.07, 6.45) is -0.289. The van der Waals surface area contributed by atoms with Crippen LogP contribution in [0.3, 0.4) is 0 Å². The van der Waals surface area contributed by atoms with Crippen molar-refractivity contribution >= 4 is 0 Å². The Morgan fingerprint density at radius 3 is 2.50 bits per heavy atom. The third-order valence-electron chi connectivity index (χ3n) is 2.86. The summed E-state index contributed by atoms with van der Waals surface area (Å²) in [6.45, 7) is 0.474. The van der Waals surface area contributed by atoms with Crippen LogP contribution in [0.1, 0.15) is 11.7 Å². The molecular weight excluding hydrogens is 238 g/mol. The van der Waals surface area contributed by atoms with E-state index in [4.69, 9.17) is 29.4 Å². The lowest BCUT2D eigenvalue weighted by molar-refractivity contribution is 0.107. The number of fused-ring (bicyclic) bond motifs is 1. The quantitative estimate of drug-likeness (QED) is 0.848. The molecule has 2 rings (SSSR count). The summed E-state index contributed by atoms with van der Waals surface area (Å²) >= 11 is 0. The van der Waals surface area contributed by atoms with Crippen molar-refractivity contribution in [3.8, 4) is 23.0 Å². The fraction of sp³-hybridized carbons (Fsp3) is 0.500. The van der Waals surface area contributed by atoms with Crippen LogP contribution in [-0.2, 0) is 4.74 Å². The van der Waals surface area contributed by atoms with Gasteiger partial charge in [-0.15, -0.1) is 0 Å². The van der Waals surface area contributed by atoms with Crippen molar-refractivity contribution in [3.63, 3.8) is 0 Å². The fourth-order valence-corrected chi connectivity index (χ4v) is 1.99. The molecule has 0 bridgehead atoms. The van der Waals surface area contributed by atoms with Gasteiger partial charge in [-0.25, -0.2) is 0 Å². The van der Waals surface area contributed by atoms with Crippen LogP contribution >= 0.6 is 0 Å². The second-order valence-electron chi connectivity index (χ2n) is 3.73. The van der Waals surface area contributed by atoms with E-state index >= 15 is 0 Å². The maximum absolute atomic E-state index is 5.68. The van der Waals surface area contributed by atoms with Gasteiger partial charge in [-0.1, -0.05) is 0 Å². The summed E-state index contributed by atoms with van der Waals surface area (Å²) in [5.41, 5.74) is 6.46. The SMILES string of the molecule is COc1cc([C@@H](CN)OC)c(OC)c2c1OCO2. The highest BCUT2D eigenvalue weighted by atomic mass is 16.7. The lowest BCUT2D eigenvalue weighted by Gasteiger charge is -2.19. The molecule has 1 aromatic carbocycles. The molecular formula is C12H17NO5. The molecule has 6 nitrogen and oxygen atoms in total. The van der Waals surface area contributed by atoms with Gasteiger partial charge in [-0.2, -0.15) is 0 Å². The maximum atomic E-state index is 5.68. The lowest BCUT2D eigenvalue weighted by Crippen LogP contribution is -2.15. The molecule has 2 N–H and O–H groups in total. The van der Waals surface area contributed by atoms with Crippen LogP contribution < -0.4 is 24.7 Å². The molecule has 0 aromatic heterocycles. The number of methoxy groups -OCH3 is 3. The third-order valence-corrected chi connectivity index (χ3v) is 2.86. The molecule has 1 aliphatic heterocycles. The minimum atomic E-state index is -0.289. The van der Waals surface area contributed by atoms with Crippen LogP contribution in [-0.4, -0.2) is 34.7 Å². The summed E-state index contributed by atoms with van der Waals surface area (Å²) < 4.78 is 26.8. The first kappa shape index (κ1) is 12.8. The predicted octanol–water partition coefficient (Wildman–Crippen LogP) is 1.08. The Morgan fingerprint density at radius 2 is 1.94 bits per heavy atom. The molecule has 0 radical (unpaired) electrons. The van der Waals surface area contributed by atoms with Crippen molar-refractivity contribution in [2.24, 2.45) is 5.73 Å². The fourth-order valence-electron chi connectivity index (χ4n) is 1.99. The van der Waals surface area contributed by atoms with Gasteiger partial charge in [-0.3, -0.25) is 0 Å². The topological polar surface area (TPSA) is 72.2 Å². The molecule has 0 saturated heterocycles. The zero-order valence-corrected chi connectivity index (χ0v) is 10.7. The van der Waals surface area contributed by atoms with Crippen LogP contribution in [0.2, 0.25) is 0 Å². The zero-order valence-electron chi connectivity index (χ0n) is 10.7. The largest absolute Gasteiger partial charge is 0.493 e. The zero-order chi connectivity index (χ0) is 13.1. The van der Waals surface area contributed by atoms with Crippen LogP contribution in [0.25, 0.3) is 0 Å².